The Kier molecular flexibility index (Phi) is 6.57. The van der Waals surface area contributed by atoms with Gasteiger partial charge in [-0.25, -0.2) is 4.39 Å². The monoisotopic (exact) mass is 395 g/mol. The number of nitrogens with zero attached hydrogens (tertiary/aromatic N) is 3. The lowest BCUT2D eigenvalue weighted by atomic mass is 10.2. The van der Waals surface area contributed by atoms with Crippen LogP contribution in [0.5, 0.6) is 0 Å². The van der Waals surface area contributed by atoms with Crippen molar-refractivity contribution in [2.24, 2.45) is 0 Å². The van der Waals surface area contributed by atoms with Crippen LogP contribution < -0.4 is 0 Å². The topological polar surface area (TPSA) is 28.5 Å². The van der Waals surface area contributed by atoms with Gasteiger partial charge in [-0.3, -0.25) is 4.79 Å². The van der Waals surface area contributed by atoms with Crippen LogP contribution in [0, 0.1) is 5.82 Å². The number of halogens is 2. The van der Waals surface area contributed by atoms with Gasteiger partial charge in [0.1, 0.15) is 11.5 Å². The Morgan fingerprint density at radius 3 is 2.46 bits per heavy atom. The maximum Gasteiger partial charge on any atom is 0.270 e. The number of likely N-dealkylation sites (N-methyl/N-ethyl adjacent to an activating group) is 1. The number of aromatic nitrogens is 1. The number of amides is 1. The molecule has 0 unspecified atom stereocenters. The van der Waals surface area contributed by atoms with Crippen LogP contribution in [0.1, 0.15) is 23.0 Å². The third-order valence-electron chi connectivity index (χ3n) is 3.81. The lowest BCUT2D eigenvalue weighted by Gasteiger charge is -2.25. The molecule has 1 amide bonds. The standard InChI is InChI=1S/C18H23BrFN3O/c1-4-22-13-15(19)11-17(22)18(24)23(10-9-21(2)3)12-14-5-7-16(20)8-6-14/h5-8,11,13H,4,9-10,12H2,1-3H3. The summed E-state index contributed by atoms with van der Waals surface area (Å²) in [5.74, 6) is -0.289. The maximum absolute atomic E-state index is 13.1. The highest BCUT2D eigenvalue weighted by atomic mass is 79.9. The molecule has 0 spiro atoms. The molecule has 0 fully saturated rings. The number of carbonyl (C=O) groups excluding carboxylic acids is 1. The molecule has 6 heteroatoms. The fraction of sp³-hybridized carbons (Fsp3) is 0.389. The van der Waals surface area contributed by atoms with Gasteiger partial charge in [-0.1, -0.05) is 12.1 Å². The fourth-order valence-corrected chi connectivity index (χ4v) is 2.92. The average molecular weight is 396 g/mol. The SMILES string of the molecule is CCn1cc(Br)cc1C(=O)N(CCN(C)C)Cc1ccc(F)cc1. The van der Waals surface area contributed by atoms with Crippen LogP contribution >= 0.6 is 15.9 Å². The van der Waals surface area contributed by atoms with Gasteiger partial charge in [0.2, 0.25) is 0 Å². The Morgan fingerprint density at radius 2 is 1.88 bits per heavy atom. The third kappa shape index (κ3) is 4.92. The van der Waals surface area contributed by atoms with Crippen molar-refractivity contribution in [1.82, 2.24) is 14.4 Å². The van der Waals surface area contributed by atoms with Gasteiger partial charge in [0.05, 0.1) is 0 Å². The van der Waals surface area contributed by atoms with E-state index >= 15 is 0 Å². The molecule has 2 rings (SSSR count). The van der Waals surface area contributed by atoms with Crippen LogP contribution in [0.25, 0.3) is 0 Å². The molecule has 0 radical (unpaired) electrons. The number of carbonyl (C=O) groups is 1. The quantitative estimate of drug-likeness (QED) is 0.716. The lowest BCUT2D eigenvalue weighted by Crippen LogP contribution is -2.37. The molecular formula is C18H23BrFN3O. The first kappa shape index (κ1) is 18.7. The smallest absolute Gasteiger partial charge is 0.270 e. The van der Waals surface area contributed by atoms with E-state index < -0.39 is 0 Å². The Morgan fingerprint density at radius 1 is 1.21 bits per heavy atom. The van der Waals surface area contributed by atoms with Crippen molar-refractivity contribution in [3.05, 3.63) is 58.1 Å². The molecule has 0 saturated heterocycles. The summed E-state index contributed by atoms with van der Waals surface area (Å²) in [4.78, 5) is 16.9. The number of rotatable bonds is 7. The minimum absolute atomic E-state index is 0.0197. The summed E-state index contributed by atoms with van der Waals surface area (Å²) in [5.41, 5.74) is 1.57. The summed E-state index contributed by atoms with van der Waals surface area (Å²) < 4.78 is 15.9. The number of aryl methyl sites for hydroxylation is 1. The summed E-state index contributed by atoms with van der Waals surface area (Å²) >= 11 is 3.44. The van der Waals surface area contributed by atoms with Crippen LogP contribution in [-0.4, -0.2) is 47.5 Å². The van der Waals surface area contributed by atoms with E-state index in [0.29, 0.717) is 18.8 Å². The van der Waals surface area contributed by atoms with E-state index in [1.165, 1.54) is 12.1 Å². The van der Waals surface area contributed by atoms with E-state index in [0.717, 1.165) is 23.1 Å². The normalized spacial score (nSPS) is 11.1. The molecule has 0 N–H and O–H groups in total. The first-order valence-electron chi connectivity index (χ1n) is 7.94. The van der Waals surface area contributed by atoms with E-state index in [-0.39, 0.29) is 11.7 Å². The summed E-state index contributed by atoms with van der Waals surface area (Å²) in [7, 11) is 3.96. The highest BCUT2D eigenvalue weighted by Crippen LogP contribution is 2.18. The van der Waals surface area contributed by atoms with E-state index in [4.69, 9.17) is 0 Å². The highest BCUT2D eigenvalue weighted by molar-refractivity contribution is 9.10. The molecule has 0 atom stereocenters. The molecule has 24 heavy (non-hydrogen) atoms. The van der Waals surface area contributed by atoms with Gasteiger partial charge < -0.3 is 14.4 Å². The van der Waals surface area contributed by atoms with Crippen LogP contribution in [0.2, 0.25) is 0 Å². The van der Waals surface area contributed by atoms with Gasteiger partial charge in [0, 0.05) is 36.8 Å². The van der Waals surface area contributed by atoms with Crippen molar-refractivity contribution in [2.75, 3.05) is 27.2 Å². The second kappa shape index (κ2) is 8.44. The van der Waals surface area contributed by atoms with Crippen LogP contribution in [0.4, 0.5) is 4.39 Å². The Labute approximate surface area is 151 Å². The Bertz CT molecular complexity index is 682. The van der Waals surface area contributed by atoms with Gasteiger partial charge in [0.15, 0.2) is 0 Å². The molecule has 1 aromatic heterocycles. The largest absolute Gasteiger partial charge is 0.343 e. The van der Waals surface area contributed by atoms with Gasteiger partial charge in [-0.05, 0) is 60.7 Å². The lowest BCUT2D eigenvalue weighted by molar-refractivity contribution is 0.0721. The van der Waals surface area contributed by atoms with Crippen LogP contribution in [0.15, 0.2) is 41.0 Å². The molecule has 130 valence electrons. The van der Waals surface area contributed by atoms with E-state index in [1.54, 1.807) is 17.0 Å². The average Bonchev–Trinajstić information content (AvgIpc) is 2.93. The molecule has 0 aliphatic carbocycles. The van der Waals surface area contributed by atoms with Crippen molar-refractivity contribution in [3.8, 4) is 0 Å². The minimum Gasteiger partial charge on any atom is -0.343 e. The molecule has 0 saturated carbocycles. The molecule has 1 heterocycles. The highest BCUT2D eigenvalue weighted by Gasteiger charge is 2.20. The van der Waals surface area contributed by atoms with Crippen molar-refractivity contribution >= 4 is 21.8 Å². The molecule has 0 bridgehead atoms. The second-order valence-electron chi connectivity index (χ2n) is 5.99. The number of hydrogen-bond acceptors (Lipinski definition) is 2. The first-order chi connectivity index (χ1) is 11.4. The zero-order chi connectivity index (χ0) is 17.7. The molecular weight excluding hydrogens is 373 g/mol. The third-order valence-corrected chi connectivity index (χ3v) is 4.25. The summed E-state index contributed by atoms with van der Waals surface area (Å²) in [5, 5.41) is 0. The Hall–Kier alpha value is -1.66. The maximum atomic E-state index is 13.1. The van der Waals surface area contributed by atoms with E-state index in [1.807, 2.05) is 42.7 Å². The zero-order valence-electron chi connectivity index (χ0n) is 14.3. The molecule has 4 nitrogen and oxygen atoms in total. The zero-order valence-corrected chi connectivity index (χ0v) is 15.9. The van der Waals surface area contributed by atoms with Crippen molar-refractivity contribution in [2.45, 2.75) is 20.0 Å². The number of benzene rings is 1. The molecule has 2 aromatic rings. The van der Waals surface area contributed by atoms with Gasteiger partial charge in [0.25, 0.3) is 5.91 Å². The van der Waals surface area contributed by atoms with Gasteiger partial charge in [-0.2, -0.15) is 0 Å². The summed E-state index contributed by atoms with van der Waals surface area (Å²) in [6, 6.07) is 8.14. The molecule has 1 aromatic carbocycles. The fourth-order valence-electron chi connectivity index (χ4n) is 2.46. The van der Waals surface area contributed by atoms with Crippen molar-refractivity contribution < 1.29 is 9.18 Å². The Balaban J connectivity index is 2.23. The minimum atomic E-state index is -0.270. The predicted molar refractivity (Wildman–Crippen MR) is 97.5 cm³/mol. The van der Waals surface area contributed by atoms with Gasteiger partial charge in [-0.15, -0.1) is 0 Å². The van der Waals surface area contributed by atoms with Crippen molar-refractivity contribution in [1.29, 1.82) is 0 Å². The van der Waals surface area contributed by atoms with Gasteiger partial charge >= 0.3 is 0 Å². The molecule has 0 aliphatic rings. The van der Waals surface area contributed by atoms with Crippen LogP contribution in [-0.2, 0) is 13.1 Å². The van der Waals surface area contributed by atoms with Crippen molar-refractivity contribution in [3.63, 3.8) is 0 Å². The second-order valence-corrected chi connectivity index (χ2v) is 6.90. The summed E-state index contributed by atoms with van der Waals surface area (Å²) in [6.07, 6.45) is 1.91. The first-order valence-corrected chi connectivity index (χ1v) is 8.74. The predicted octanol–water partition coefficient (Wildman–Crippen LogP) is 3.61. The summed E-state index contributed by atoms with van der Waals surface area (Å²) in [6.45, 7) is 4.56. The van der Waals surface area contributed by atoms with Crippen LogP contribution in [0.3, 0.4) is 0 Å². The van der Waals surface area contributed by atoms with E-state index in [9.17, 15) is 9.18 Å². The molecule has 0 aliphatic heterocycles. The number of hydrogen-bond donors (Lipinski definition) is 0. The van der Waals surface area contributed by atoms with E-state index in [2.05, 4.69) is 15.9 Å².